The molecule has 0 heterocycles. The van der Waals surface area contributed by atoms with Crippen molar-refractivity contribution in [2.75, 3.05) is 0 Å². The minimum absolute atomic E-state index is 0.157. The Balaban J connectivity index is 3.03. The van der Waals surface area contributed by atoms with Gasteiger partial charge < -0.3 is 0 Å². The third-order valence-corrected chi connectivity index (χ3v) is 5.33. The van der Waals surface area contributed by atoms with Gasteiger partial charge in [0.2, 0.25) is 10.0 Å². The molecule has 0 aliphatic heterocycles. The first-order valence-electron chi connectivity index (χ1n) is 5.25. The van der Waals surface area contributed by atoms with Gasteiger partial charge >= 0.3 is 0 Å². The fraction of sp³-hybridized carbons (Fsp3) is 0.364. The van der Waals surface area contributed by atoms with Crippen LogP contribution in [0.15, 0.2) is 32.0 Å². The molecule has 0 saturated carbocycles. The third kappa shape index (κ3) is 4.05. The van der Waals surface area contributed by atoms with E-state index in [-0.39, 0.29) is 17.4 Å². The molecule has 1 atom stereocenters. The molecule has 1 aromatic carbocycles. The van der Waals surface area contributed by atoms with Crippen molar-refractivity contribution in [3.63, 3.8) is 0 Å². The quantitative estimate of drug-likeness (QED) is 0.832. The summed E-state index contributed by atoms with van der Waals surface area (Å²) in [6.07, 6.45) is 0.727. The van der Waals surface area contributed by atoms with Gasteiger partial charge in [-0.1, -0.05) is 22.9 Å². The molecule has 0 aliphatic carbocycles. The van der Waals surface area contributed by atoms with E-state index in [0.29, 0.717) is 10.9 Å². The van der Waals surface area contributed by atoms with E-state index in [9.17, 15) is 8.42 Å². The van der Waals surface area contributed by atoms with Crippen molar-refractivity contribution in [3.8, 4) is 6.07 Å². The van der Waals surface area contributed by atoms with E-state index in [0.717, 1.165) is 4.47 Å². The molecule has 7 heteroatoms. The minimum Gasteiger partial charge on any atom is -0.207 e. The minimum atomic E-state index is -3.61. The summed E-state index contributed by atoms with van der Waals surface area (Å²) < 4.78 is 28.1. The van der Waals surface area contributed by atoms with Gasteiger partial charge in [-0.2, -0.15) is 5.26 Å². The van der Waals surface area contributed by atoms with Crippen LogP contribution in [-0.4, -0.2) is 14.5 Å². The predicted octanol–water partition coefficient (Wildman–Crippen LogP) is 3.18. The van der Waals surface area contributed by atoms with Crippen LogP contribution in [0.5, 0.6) is 0 Å². The van der Waals surface area contributed by atoms with Gasteiger partial charge in [0.15, 0.2) is 0 Å². The largest absolute Gasteiger partial charge is 0.241 e. The average molecular weight is 396 g/mol. The summed E-state index contributed by atoms with van der Waals surface area (Å²) in [6, 6.07) is 6.44. The van der Waals surface area contributed by atoms with Crippen LogP contribution in [0.3, 0.4) is 0 Å². The molecule has 1 unspecified atom stereocenters. The van der Waals surface area contributed by atoms with E-state index in [1.165, 1.54) is 6.07 Å². The molecule has 0 spiro atoms. The molecule has 0 aliphatic rings. The molecule has 0 bridgehead atoms. The fourth-order valence-electron chi connectivity index (χ4n) is 1.36. The lowest BCUT2D eigenvalue weighted by Crippen LogP contribution is -2.34. The van der Waals surface area contributed by atoms with Crippen LogP contribution in [0.2, 0.25) is 0 Å². The lowest BCUT2D eigenvalue weighted by Gasteiger charge is -2.14. The number of rotatable bonds is 5. The van der Waals surface area contributed by atoms with Gasteiger partial charge in [-0.3, -0.25) is 0 Å². The second-order valence-electron chi connectivity index (χ2n) is 3.66. The van der Waals surface area contributed by atoms with Crippen LogP contribution in [0, 0.1) is 11.3 Å². The Morgan fingerprint density at radius 2 is 2.11 bits per heavy atom. The summed E-state index contributed by atoms with van der Waals surface area (Å²) >= 11 is 6.48. The summed E-state index contributed by atoms with van der Waals surface area (Å²) in [5, 5.41) is 8.63. The normalized spacial score (nSPS) is 13.0. The van der Waals surface area contributed by atoms with Gasteiger partial charge in [-0.15, -0.1) is 0 Å². The maximum atomic E-state index is 12.1. The number of nitriles is 1. The van der Waals surface area contributed by atoms with Crippen molar-refractivity contribution in [2.24, 2.45) is 0 Å². The Morgan fingerprint density at radius 1 is 1.44 bits per heavy atom. The second-order valence-corrected chi connectivity index (χ2v) is 7.12. The molecular formula is C11H12Br2N2O2S. The molecule has 1 N–H and O–H groups in total. The standard InChI is InChI=1S/C11H12Br2N2O2S/c1-2-9(5-6-14)15-18(16,17)11-4-3-8(12)7-10(11)13/h3-4,7,9,15H,2,5H2,1H3. The number of benzene rings is 1. The molecule has 0 fully saturated rings. The van der Waals surface area contributed by atoms with Gasteiger partial charge in [0.05, 0.1) is 17.4 Å². The monoisotopic (exact) mass is 394 g/mol. The number of hydrogen-bond acceptors (Lipinski definition) is 3. The van der Waals surface area contributed by atoms with Crippen molar-refractivity contribution in [2.45, 2.75) is 30.7 Å². The van der Waals surface area contributed by atoms with Crippen LogP contribution in [0.4, 0.5) is 0 Å². The molecule has 18 heavy (non-hydrogen) atoms. The van der Waals surface area contributed by atoms with Crippen molar-refractivity contribution >= 4 is 41.9 Å². The van der Waals surface area contributed by atoms with Gasteiger partial charge in [0.25, 0.3) is 0 Å². The summed E-state index contributed by atoms with van der Waals surface area (Å²) in [5.41, 5.74) is 0. The zero-order chi connectivity index (χ0) is 13.8. The van der Waals surface area contributed by atoms with Crippen LogP contribution in [-0.2, 0) is 10.0 Å². The van der Waals surface area contributed by atoms with Gasteiger partial charge in [0, 0.05) is 15.0 Å². The van der Waals surface area contributed by atoms with Crippen molar-refractivity contribution in [3.05, 3.63) is 27.1 Å². The molecule has 0 radical (unpaired) electrons. The maximum absolute atomic E-state index is 12.1. The Kier molecular flexibility index (Phi) is 5.79. The lowest BCUT2D eigenvalue weighted by atomic mass is 10.2. The highest BCUT2D eigenvalue weighted by Crippen LogP contribution is 2.25. The zero-order valence-corrected chi connectivity index (χ0v) is 13.6. The Hall–Kier alpha value is -0.420. The van der Waals surface area contributed by atoms with Crippen molar-refractivity contribution < 1.29 is 8.42 Å². The van der Waals surface area contributed by atoms with E-state index in [1.54, 1.807) is 12.1 Å². The van der Waals surface area contributed by atoms with Crippen LogP contribution in [0.1, 0.15) is 19.8 Å². The first-order valence-corrected chi connectivity index (χ1v) is 8.32. The van der Waals surface area contributed by atoms with E-state index in [1.807, 2.05) is 13.0 Å². The number of halogens is 2. The lowest BCUT2D eigenvalue weighted by molar-refractivity contribution is 0.542. The Labute approximate surface area is 124 Å². The number of sulfonamides is 1. The van der Waals surface area contributed by atoms with E-state index < -0.39 is 10.0 Å². The Morgan fingerprint density at radius 3 is 2.61 bits per heavy atom. The summed E-state index contributed by atoms with van der Waals surface area (Å²) in [5.74, 6) is 0. The molecule has 0 saturated heterocycles. The maximum Gasteiger partial charge on any atom is 0.241 e. The number of hydrogen-bond donors (Lipinski definition) is 1. The highest BCUT2D eigenvalue weighted by Gasteiger charge is 2.21. The summed E-state index contributed by atoms with van der Waals surface area (Å²) in [6.45, 7) is 1.83. The van der Waals surface area contributed by atoms with Crippen LogP contribution < -0.4 is 4.72 Å². The van der Waals surface area contributed by atoms with Gasteiger partial charge in [-0.25, -0.2) is 13.1 Å². The average Bonchev–Trinajstić information content (AvgIpc) is 2.27. The number of nitrogens with zero attached hydrogens (tertiary/aromatic N) is 1. The molecule has 4 nitrogen and oxygen atoms in total. The fourth-order valence-corrected chi connectivity index (χ4v) is 4.42. The zero-order valence-electron chi connectivity index (χ0n) is 9.65. The summed E-state index contributed by atoms with van der Waals surface area (Å²) in [4.78, 5) is 0.169. The molecule has 1 aromatic rings. The topological polar surface area (TPSA) is 70.0 Å². The smallest absolute Gasteiger partial charge is 0.207 e. The van der Waals surface area contributed by atoms with Crippen LogP contribution in [0.25, 0.3) is 0 Å². The molecule has 98 valence electrons. The highest BCUT2D eigenvalue weighted by atomic mass is 79.9. The summed E-state index contributed by atoms with van der Waals surface area (Å²) in [7, 11) is -3.61. The molecular weight excluding hydrogens is 384 g/mol. The molecule has 0 aromatic heterocycles. The first-order chi connectivity index (χ1) is 8.40. The first kappa shape index (κ1) is 15.6. The van der Waals surface area contributed by atoms with Crippen molar-refractivity contribution in [1.82, 2.24) is 4.72 Å². The SMILES string of the molecule is CCC(CC#N)NS(=O)(=O)c1ccc(Br)cc1Br. The second kappa shape index (κ2) is 6.66. The van der Waals surface area contributed by atoms with E-state index in [2.05, 4.69) is 36.6 Å². The highest BCUT2D eigenvalue weighted by molar-refractivity contribution is 9.11. The molecule has 1 rings (SSSR count). The van der Waals surface area contributed by atoms with Gasteiger partial charge in [0.1, 0.15) is 0 Å². The van der Waals surface area contributed by atoms with Crippen LogP contribution >= 0.6 is 31.9 Å². The molecule has 0 amide bonds. The number of nitrogens with one attached hydrogen (secondary N) is 1. The predicted molar refractivity (Wildman–Crippen MR) is 76.5 cm³/mol. The third-order valence-electron chi connectivity index (χ3n) is 2.34. The van der Waals surface area contributed by atoms with E-state index >= 15 is 0 Å². The van der Waals surface area contributed by atoms with Crippen molar-refractivity contribution in [1.29, 1.82) is 5.26 Å². The van der Waals surface area contributed by atoms with Gasteiger partial charge in [-0.05, 0) is 40.5 Å². The Bertz CT molecular complexity index is 567. The van der Waals surface area contributed by atoms with E-state index in [4.69, 9.17) is 5.26 Å².